The Bertz CT molecular complexity index is 600. The standard InChI is InChI=1S/C10H10N4O3/c11-7-8(12-10(16)17)13-14(9(7)15)6-4-2-1-3-5-6/h1-5,12-13H,11H2,(H,16,17). The molecule has 0 aliphatic heterocycles. The zero-order valence-corrected chi connectivity index (χ0v) is 8.68. The molecule has 0 bridgehead atoms. The number of amides is 1. The number of aromatic amines is 1. The lowest BCUT2D eigenvalue weighted by Gasteiger charge is -2.00. The van der Waals surface area contributed by atoms with Crippen LogP contribution >= 0.6 is 0 Å². The molecule has 7 heteroatoms. The summed E-state index contributed by atoms with van der Waals surface area (Å²) in [7, 11) is 0. The maximum atomic E-state index is 11.7. The molecule has 0 radical (unpaired) electrons. The maximum Gasteiger partial charge on any atom is 0.410 e. The van der Waals surface area contributed by atoms with E-state index in [2.05, 4.69) is 5.10 Å². The van der Waals surface area contributed by atoms with Crippen molar-refractivity contribution in [2.75, 3.05) is 11.1 Å². The average molecular weight is 234 g/mol. The molecule has 7 nitrogen and oxygen atoms in total. The van der Waals surface area contributed by atoms with Gasteiger partial charge in [-0.05, 0) is 12.1 Å². The third-order valence-electron chi connectivity index (χ3n) is 2.17. The van der Waals surface area contributed by atoms with Gasteiger partial charge in [-0.25, -0.2) is 9.48 Å². The van der Waals surface area contributed by atoms with Crippen molar-refractivity contribution in [1.29, 1.82) is 0 Å². The van der Waals surface area contributed by atoms with E-state index in [-0.39, 0.29) is 11.5 Å². The molecule has 0 fully saturated rings. The summed E-state index contributed by atoms with van der Waals surface area (Å²) in [6.07, 6.45) is -1.29. The van der Waals surface area contributed by atoms with Gasteiger partial charge in [-0.3, -0.25) is 15.2 Å². The summed E-state index contributed by atoms with van der Waals surface area (Å²) < 4.78 is 1.17. The van der Waals surface area contributed by atoms with E-state index in [0.717, 1.165) is 0 Å². The average Bonchev–Trinajstić information content (AvgIpc) is 2.58. The molecule has 0 saturated carbocycles. The fraction of sp³-hybridized carbons (Fsp3) is 0. The van der Waals surface area contributed by atoms with Gasteiger partial charge < -0.3 is 10.8 Å². The monoisotopic (exact) mass is 234 g/mol. The smallest absolute Gasteiger partial charge is 0.410 e. The van der Waals surface area contributed by atoms with E-state index in [9.17, 15) is 9.59 Å². The minimum absolute atomic E-state index is 0.0358. The highest BCUT2D eigenvalue weighted by atomic mass is 16.4. The largest absolute Gasteiger partial charge is 0.465 e. The van der Waals surface area contributed by atoms with E-state index >= 15 is 0 Å². The van der Waals surface area contributed by atoms with Gasteiger partial charge in [0.25, 0.3) is 5.56 Å². The van der Waals surface area contributed by atoms with Crippen LogP contribution in [0.3, 0.4) is 0 Å². The van der Waals surface area contributed by atoms with Crippen LogP contribution in [0.4, 0.5) is 16.3 Å². The molecule has 0 aliphatic rings. The van der Waals surface area contributed by atoms with Gasteiger partial charge in [0.2, 0.25) is 0 Å². The lowest BCUT2D eigenvalue weighted by atomic mass is 10.3. The Hall–Kier alpha value is -2.70. The number of hydrogen-bond acceptors (Lipinski definition) is 3. The van der Waals surface area contributed by atoms with Gasteiger partial charge in [0.05, 0.1) is 5.69 Å². The summed E-state index contributed by atoms with van der Waals surface area (Å²) in [5.41, 5.74) is 5.40. The molecule has 5 N–H and O–H groups in total. The molecule has 0 aliphatic carbocycles. The van der Waals surface area contributed by atoms with Crippen molar-refractivity contribution in [3.8, 4) is 5.69 Å². The van der Waals surface area contributed by atoms with E-state index in [0.29, 0.717) is 5.69 Å². The molecule has 1 aromatic heterocycles. The minimum atomic E-state index is -1.29. The third-order valence-corrected chi connectivity index (χ3v) is 2.17. The van der Waals surface area contributed by atoms with Crippen LogP contribution < -0.4 is 16.6 Å². The molecule has 17 heavy (non-hydrogen) atoms. The zero-order chi connectivity index (χ0) is 12.4. The van der Waals surface area contributed by atoms with Crippen molar-refractivity contribution in [3.63, 3.8) is 0 Å². The van der Waals surface area contributed by atoms with Crippen molar-refractivity contribution >= 4 is 17.6 Å². The van der Waals surface area contributed by atoms with Crippen LogP contribution in [0.1, 0.15) is 0 Å². The first-order valence-corrected chi connectivity index (χ1v) is 4.75. The number of hydrogen-bond donors (Lipinski definition) is 4. The predicted octanol–water partition coefficient (Wildman–Crippen LogP) is 0.838. The van der Waals surface area contributed by atoms with Gasteiger partial charge in [-0.2, -0.15) is 0 Å². The van der Waals surface area contributed by atoms with Crippen molar-refractivity contribution < 1.29 is 9.90 Å². The molecule has 1 aromatic carbocycles. The number of carboxylic acid groups (broad SMARTS) is 1. The summed E-state index contributed by atoms with van der Waals surface area (Å²) in [6.45, 7) is 0. The highest BCUT2D eigenvalue weighted by molar-refractivity contribution is 5.85. The number of nitrogens with two attached hydrogens (primary N) is 1. The quantitative estimate of drug-likeness (QED) is 0.616. The van der Waals surface area contributed by atoms with E-state index in [1.165, 1.54) is 4.68 Å². The molecule has 88 valence electrons. The van der Waals surface area contributed by atoms with Gasteiger partial charge in [0.15, 0.2) is 5.82 Å². The number of H-pyrrole nitrogens is 1. The Morgan fingerprint density at radius 1 is 1.35 bits per heavy atom. The number of benzene rings is 1. The normalized spacial score (nSPS) is 10.1. The fourth-order valence-corrected chi connectivity index (χ4v) is 1.41. The summed E-state index contributed by atoms with van der Waals surface area (Å²) in [5.74, 6) is -0.0358. The molecule has 0 saturated heterocycles. The SMILES string of the molecule is Nc1c(NC(=O)O)[nH]n(-c2ccccc2)c1=O. The molecule has 2 rings (SSSR count). The topological polar surface area (TPSA) is 113 Å². The van der Waals surface area contributed by atoms with Gasteiger partial charge in [-0.15, -0.1) is 0 Å². The second-order valence-corrected chi connectivity index (χ2v) is 3.31. The molecule has 0 atom stereocenters. The summed E-state index contributed by atoms with van der Waals surface area (Å²) in [5, 5.41) is 13.2. The van der Waals surface area contributed by atoms with Crippen LogP contribution in [0.2, 0.25) is 0 Å². The van der Waals surface area contributed by atoms with E-state index in [4.69, 9.17) is 10.8 Å². The van der Waals surface area contributed by atoms with Crippen LogP contribution in [0.25, 0.3) is 5.69 Å². The van der Waals surface area contributed by atoms with Gasteiger partial charge in [0, 0.05) is 0 Å². The molecule has 0 spiro atoms. The minimum Gasteiger partial charge on any atom is -0.465 e. The predicted molar refractivity (Wildman–Crippen MR) is 62.4 cm³/mol. The molecule has 0 unspecified atom stereocenters. The summed E-state index contributed by atoms with van der Waals surface area (Å²) in [4.78, 5) is 22.2. The summed E-state index contributed by atoms with van der Waals surface area (Å²) in [6, 6.07) is 8.70. The molecular weight excluding hydrogens is 224 g/mol. The number of nitrogens with one attached hydrogen (secondary N) is 2. The van der Waals surface area contributed by atoms with Crippen molar-refractivity contribution in [3.05, 3.63) is 40.7 Å². The molecule has 1 amide bonds. The third kappa shape index (κ3) is 1.98. The van der Waals surface area contributed by atoms with Crippen LogP contribution in [0.5, 0.6) is 0 Å². The van der Waals surface area contributed by atoms with Crippen LogP contribution in [0.15, 0.2) is 35.1 Å². The lowest BCUT2D eigenvalue weighted by Crippen LogP contribution is -2.16. The number of nitrogen functional groups attached to an aromatic ring is 1. The van der Waals surface area contributed by atoms with Gasteiger partial charge >= 0.3 is 6.09 Å². The van der Waals surface area contributed by atoms with Crippen molar-refractivity contribution in [1.82, 2.24) is 9.78 Å². The van der Waals surface area contributed by atoms with Crippen molar-refractivity contribution in [2.45, 2.75) is 0 Å². The fourth-order valence-electron chi connectivity index (χ4n) is 1.41. The Kier molecular flexibility index (Phi) is 2.57. The molecule has 2 aromatic rings. The van der Waals surface area contributed by atoms with Gasteiger partial charge in [0.1, 0.15) is 5.69 Å². The number of anilines is 2. The highest BCUT2D eigenvalue weighted by Crippen LogP contribution is 2.13. The number of para-hydroxylation sites is 1. The second kappa shape index (κ2) is 4.05. The number of nitrogens with zero attached hydrogens (tertiary/aromatic N) is 1. The Morgan fingerprint density at radius 3 is 2.59 bits per heavy atom. The second-order valence-electron chi connectivity index (χ2n) is 3.31. The van der Waals surface area contributed by atoms with E-state index in [1.54, 1.807) is 30.3 Å². The summed E-state index contributed by atoms with van der Waals surface area (Å²) >= 11 is 0. The highest BCUT2D eigenvalue weighted by Gasteiger charge is 2.13. The van der Waals surface area contributed by atoms with Crippen molar-refractivity contribution in [2.24, 2.45) is 0 Å². The van der Waals surface area contributed by atoms with E-state index < -0.39 is 11.7 Å². The first kappa shape index (κ1) is 10.8. The Balaban J connectivity index is 2.51. The molecule has 1 heterocycles. The lowest BCUT2D eigenvalue weighted by molar-refractivity contribution is 0.209. The maximum absolute atomic E-state index is 11.7. The number of carbonyl (C=O) groups is 1. The molecular formula is C10H10N4O3. The number of aromatic nitrogens is 2. The Labute approximate surface area is 95.5 Å². The first-order valence-electron chi connectivity index (χ1n) is 4.75. The van der Waals surface area contributed by atoms with Crippen LogP contribution in [-0.2, 0) is 0 Å². The zero-order valence-electron chi connectivity index (χ0n) is 8.68. The van der Waals surface area contributed by atoms with Crippen LogP contribution in [-0.4, -0.2) is 21.0 Å². The van der Waals surface area contributed by atoms with E-state index in [1.807, 2.05) is 5.32 Å². The first-order chi connectivity index (χ1) is 8.09. The number of rotatable bonds is 2. The Morgan fingerprint density at radius 2 is 2.00 bits per heavy atom. The van der Waals surface area contributed by atoms with Crippen LogP contribution in [0, 0.1) is 0 Å². The van der Waals surface area contributed by atoms with Gasteiger partial charge in [-0.1, -0.05) is 18.2 Å².